The van der Waals surface area contributed by atoms with Crippen LogP contribution >= 0.6 is 23.1 Å². The van der Waals surface area contributed by atoms with Crippen LogP contribution in [0.4, 0.5) is 0 Å². The summed E-state index contributed by atoms with van der Waals surface area (Å²) in [6.07, 6.45) is 0. The number of aromatic amines is 1. The van der Waals surface area contributed by atoms with Gasteiger partial charge in [-0.15, -0.1) is 16.4 Å². The van der Waals surface area contributed by atoms with Crippen LogP contribution in [0.5, 0.6) is 0 Å². The molecular weight excluding hydrogens is 354 g/mol. The lowest BCUT2D eigenvalue weighted by molar-refractivity contribution is 0.967. The third-order valence-corrected chi connectivity index (χ3v) is 5.67. The molecule has 0 aliphatic heterocycles. The number of aryl methyl sites for hydroxylation is 2. The van der Waals surface area contributed by atoms with Gasteiger partial charge in [0.1, 0.15) is 0 Å². The van der Waals surface area contributed by atoms with Crippen LogP contribution in [-0.4, -0.2) is 24.6 Å². The van der Waals surface area contributed by atoms with Crippen molar-refractivity contribution in [3.8, 4) is 11.4 Å². The van der Waals surface area contributed by atoms with Crippen molar-refractivity contribution in [2.45, 2.75) is 24.8 Å². The fraction of sp³-hybridized carbons (Fsp3) is 0.176. The molecule has 0 spiro atoms. The van der Waals surface area contributed by atoms with E-state index in [1.807, 2.05) is 43.5 Å². The summed E-state index contributed by atoms with van der Waals surface area (Å²) in [4.78, 5) is 22.0. The Morgan fingerprint density at radius 3 is 2.92 bits per heavy atom. The first-order chi connectivity index (χ1) is 12.1. The van der Waals surface area contributed by atoms with Gasteiger partial charge in [0, 0.05) is 28.5 Å². The molecule has 25 heavy (non-hydrogen) atoms. The van der Waals surface area contributed by atoms with Crippen molar-refractivity contribution in [1.29, 1.82) is 0 Å². The number of benzene rings is 1. The lowest BCUT2D eigenvalue weighted by atomic mass is 10.1. The Morgan fingerprint density at radius 2 is 2.08 bits per heavy atom. The lowest BCUT2D eigenvalue weighted by Crippen LogP contribution is -2.14. The molecule has 6 nitrogen and oxygen atoms in total. The SMILES string of the molecule is Cc1ccccc1-c1nc(SCc2cc(=O)n3c(C)csc3n2)n[nH]1. The maximum absolute atomic E-state index is 12.2. The average Bonchev–Trinajstić information content (AvgIpc) is 3.21. The Hall–Kier alpha value is -2.45. The molecule has 1 N–H and O–H groups in total. The molecule has 0 saturated carbocycles. The van der Waals surface area contributed by atoms with Crippen LogP contribution in [0.25, 0.3) is 16.3 Å². The van der Waals surface area contributed by atoms with Crippen molar-refractivity contribution in [3.63, 3.8) is 0 Å². The number of hydrogen-bond donors (Lipinski definition) is 1. The highest BCUT2D eigenvalue weighted by Crippen LogP contribution is 2.24. The van der Waals surface area contributed by atoms with Crippen LogP contribution in [0.1, 0.15) is 17.0 Å². The summed E-state index contributed by atoms with van der Waals surface area (Å²) in [6, 6.07) is 9.61. The number of thiazole rings is 1. The van der Waals surface area contributed by atoms with Crippen LogP contribution in [0.15, 0.2) is 45.7 Å². The van der Waals surface area contributed by atoms with E-state index in [1.165, 1.54) is 23.1 Å². The quantitative estimate of drug-likeness (QED) is 0.558. The van der Waals surface area contributed by atoms with Gasteiger partial charge in [-0.2, -0.15) is 0 Å². The summed E-state index contributed by atoms with van der Waals surface area (Å²) >= 11 is 2.93. The van der Waals surface area contributed by atoms with Crippen molar-refractivity contribution in [2.75, 3.05) is 0 Å². The third-order valence-electron chi connectivity index (χ3n) is 3.84. The molecule has 0 atom stereocenters. The predicted molar refractivity (Wildman–Crippen MR) is 100 cm³/mol. The van der Waals surface area contributed by atoms with Crippen molar-refractivity contribution in [3.05, 3.63) is 63.0 Å². The zero-order valence-electron chi connectivity index (χ0n) is 13.7. The predicted octanol–water partition coefficient (Wildman–Crippen LogP) is 3.45. The molecule has 0 aliphatic rings. The van der Waals surface area contributed by atoms with Gasteiger partial charge in [0.2, 0.25) is 5.16 Å². The van der Waals surface area contributed by atoms with Gasteiger partial charge in [-0.25, -0.2) is 9.97 Å². The molecule has 0 radical (unpaired) electrons. The molecule has 0 unspecified atom stereocenters. The van der Waals surface area contributed by atoms with E-state index in [9.17, 15) is 4.79 Å². The number of hydrogen-bond acceptors (Lipinski definition) is 6. The Bertz CT molecular complexity index is 1110. The number of aromatic nitrogens is 5. The number of H-pyrrole nitrogens is 1. The number of nitrogens with one attached hydrogen (secondary N) is 1. The normalized spacial score (nSPS) is 11.3. The molecule has 0 aliphatic carbocycles. The summed E-state index contributed by atoms with van der Waals surface area (Å²) in [5.74, 6) is 1.30. The van der Waals surface area contributed by atoms with Gasteiger partial charge >= 0.3 is 0 Å². The van der Waals surface area contributed by atoms with Crippen LogP contribution < -0.4 is 5.56 Å². The second kappa shape index (κ2) is 6.45. The van der Waals surface area contributed by atoms with E-state index in [0.29, 0.717) is 10.9 Å². The van der Waals surface area contributed by atoms with Crippen LogP contribution in [-0.2, 0) is 5.75 Å². The van der Waals surface area contributed by atoms with E-state index < -0.39 is 0 Å². The summed E-state index contributed by atoms with van der Waals surface area (Å²) in [5.41, 5.74) is 3.78. The second-order valence-corrected chi connectivity index (χ2v) is 7.43. The summed E-state index contributed by atoms with van der Waals surface area (Å²) in [6.45, 7) is 3.95. The monoisotopic (exact) mass is 369 g/mol. The smallest absolute Gasteiger partial charge is 0.258 e. The van der Waals surface area contributed by atoms with E-state index in [4.69, 9.17) is 0 Å². The first-order valence-corrected chi connectivity index (χ1v) is 9.56. The molecule has 4 rings (SSSR count). The second-order valence-electron chi connectivity index (χ2n) is 5.65. The van der Waals surface area contributed by atoms with Crippen molar-refractivity contribution < 1.29 is 0 Å². The molecule has 0 bridgehead atoms. The average molecular weight is 369 g/mol. The standard InChI is InChI=1S/C17H15N5OS2/c1-10-5-3-4-6-13(10)15-19-16(21-20-15)24-9-12-7-14(23)22-11(2)8-25-17(22)18-12/h3-8H,9H2,1-2H3,(H,19,20,21). The molecule has 3 heterocycles. The van der Waals surface area contributed by atoms with Crippen molar-refractivity contribution >= 4 is 28.1 Å². The minimum Gasteiger partial charge on any atom is -0.269 e. The van der Waals surface area contributed by atoms with E-state index in [-0.39, 0.29) is 5.56 Å². The van der Waals surface area contributed by atoms with Gasteiger partial charge in [0.15, 0.2) is 10.8 Å². The Kier molecular flexibility index (Phi) is 4.14. The van der Waals surface area contributed by atoms with Gasteiger partial charge in [0.25, 0.3) is 5.56 Å². The molecule has 1 aromatic carbocycles. The van der Waals surface area contributed by atoms with Gasteiger partial charge in [-0.05, 0) is 19.4 Å². The van der Waals surface area contributed by atoms with Crippen molar-refractivity contribution in [1.82, 2.24) is 24.6 Å². The molecule has 8 heteroatoms. The topological polar surface area (TPSA) is 75.9 Å². The fourth-order valence-electron chi connectivity index (χ4n) is 2.58. The van der Waals surface area contributed by atoms with Gasteiger partial charge in [-0.3, -0.25) is 14.3 Å². The molecule has 4 aromatic rings. The highest BCUT2D eigenvalue weighted by Gasteiger charge is 2.10. The molecule has 0 fully saturated rings. The molecule has 0 amide bonds. The lowest BCUT2D eigenvalue weighted by Gasteiger charge is -2.00. The largest absolute Gasteiger partial charge is 0.269 e. The Morgan fingerprint density at radius 1 is 1.24 bits per heavy atom. The molecule has 3 aromatic heterocycles. The third kappa shape index (κ3) is 3.10. The van der Waals surface area contributed by atoms with Gasteiger partial charge in [-0.1, -0.05) is 36.0 Å². The van der Waals surface area contributed by atoms with E-state index in [0.717, 1.165) is 33.3 Å². The zero-order valence-corrected chi connectivity index (χ0v) is 15.3. The van der Waals surface area contributed by atoms with E-state index in [2.05, 4.69) is 20.2 Å². The molecule has 0 saturated heterocycles. The van der Waals surface area contributed by atoms with Crippen LogP contribution in [0.2, 0.25) is 0 Å². The maximum Gasteiger partial charge on any atom is 0.258 e. The van der Waals surface area contributed by atoms with Crippen molar-refractivity contribution in [2.24, 2.45) is 0 Å². The summed E-state index contributed by atoms with van der Waals surface area (Å²) in [5, 5.41) is 9.81. The maximum atomic E-state index is 12.2. The number of rotatable bonds is 4. The minimum atomic E-state index is -0.0464. The van der Waals surface area contributed by atoms with Gasteiger partial charge < -0.3 is 0 Å². The van der Waals surface area contributed by atoms with Gasteiger partial charge in [0.05, 0.1) is 5.69 Å². The highest BCUT2D eigenvalue weighted by atomic mass is 32.2. The molecule has 126 valence electrons. The minimum absolute atomic E-state index is 0.0464. The summed E-state index contributed by atoms with van der Waals surface area (Å²) in [7, 11) is 0. The fourth-order valence-corrected chi connectivity index (χ4v) is 4.16. The number of fused-ring (bicyclic) bond motifs is 1. The molecular formula is C17H15N5OS2. The Balaban J connectivity index is 1.54. The van der Waals surface area contributed by atoms with E-state index in [1.54, 1.807) is 10.5 Å². The summed E-state index contributed by atoms with van der Waals surface area (Å²) < 4.78 is 1.63. The first-order valence-electron chi connectivity index (χ1n) is 7.70. The zero-order chi connectivity index (χ0) is 17.4. The number of nitrogens with zero attached hydrogens (tertiary/aromatic N) is 4. The van der Waals surface area contributed by atoms with E-state index >= 15 is 0 Å². The van der Waals surface area contributed by atoms with Crippen LogP contribution in [0.3, 0.4) is 0 Å². The number of thioether (sulfide) groups is 1. The highest BCUT2D eigenvalue weighted by molar-refractivity contribution is 7.98. The Labute approximate surface area is 152 Å². The first kappa shape index (κ1) is 16.0. The van der Waals surface area contributed by atoms with Crippen LogP contribution in [0, 0.1) is 13.8 Å².